The van der Waals surface area contributed by atoms with Crippen LogP contribution in [0.25, 0.3) is 0 Å². The van der Waals surface area contributed by atoms with Crippen LogP contribution in [0.1, 0.15) is 137 Å². The fourth-order valence-corrected chi connectivity index (χ4v) is 5.43. The van der Waals surface area contributed by atoms with E-state index in [1.807, 2.05) is 0 Å². The molecular formula is C47H76N6O22S. The third-order valence-electron chi connectivity index (χ3n) is 9.30. The van der Waals surface area contributed by atoms with E-state index in [2.05, 4.69) is 16.6 Å². The Morgan fingerprint density at radius 1 is 0.447 bits per heavy atom. The molecule has 28 nitrogen and oxygen atoms in total. The number of ketones is 8. The number of hydrogen-bond donors (Lipinski definition) is 11. The lowest BCUT2D eigenvalue weighted by Crippen LogP contribution is -2.31. The number of hydrogen-bond acceptors (Lipinski definition) is 23. The van der Waals surface area contributed by atoms with Gasteiger partial charge in [0.25, 0.3) is 16.8 Å². The van der Waals surface area contributed by atoms with Crippen molar-refractivity contribution in [2.45, 2.75) is 168 Å². The lowest BCUT2D eigenvalue weighted by molar-refractivity contribution is -0.153. The van der Waals surface area contributed by atoms with Gasteiger partial charge >= 0.3 is 35.8 Å². The number of aliphatic carboxylic acids is 5. The molecule has 0 aliphatic rings. The second-order valence-corrected chi connectivity index (χ2v) is 17.5. The fraction of sp³-hybridized carbons (Fsp3) is 0.617. The maximum atomic E-state index is 11.1. The van der Waals surface area contributed by atoms with Gasteiger partial charge in [0.2, 0.25) is 40.5 Å². The number of ether oxygens (including phenoxy) is 1. The smallest absolute Gasteiger partial charge is 0.374 e. The number of nitrogens with two attached hydrogens (primary N) is 5. The molecule has 0 saturated carbocycles. The van der Waals surface area contributed by atoms with E-state index in [9.17, 15) is 76.7 Å². The number of carbonyl (C=O) groups is 16. The van der Waals surface area contributed by atoms with Gasteiger partial charge in [0.1, 0.15) is 30.2 Å². The lowest BCUT2D eigenvalue weighted by Gasteiger charge is -2.06. The van der Waals surface area contributed by atoms with Crippen LogP contribution in [0.15, 0.2) is 12.2 Å². The third-order valence-corrected chi connectivity index (χ3v) is 10.3. The molecule has 0 saturated heterocycles. The van der Waals surface area contributed by atoms with Gasteiger partial charge in [0.05, 0.1) is 6.61 Å². The first kappa shape index (κ1) is 78.1. The molecule has 0 aromatic rings. The number of unbranched alkanes of at least 4 members (excludes halogenated alkanes) is 4. The maximum absolute atomic E-state index is 11.1. The predicted molar refractivity (Wildman–Crippen MR) is 271 cm³/mol. The van der Waals surface area contributed by atoms with Crippen molar-refractivity contribution in [2.75, 3.05) is 18.9 Å². The molecule has 0 aromatic heterocycles. The first-order valence-corrected chi connectivity index (χ1v) is 24.4. The summed E-state index contributed by atoms with van der Waals surface area (Å²) in [7, 11) is 0. The van der Waals surface area contributed by atoms with Gasteiger partial charge in [-0.05, 0) is 89.5 Å². The fourth-order valence-electron chi connectivity index (χ4n) is 4.69. The Kier molecular flexibility index (Phi) is 48.0. The van der Waals surface area contributed by atoms with E-state index in [4.69, 9.17) is 54.2 Å². The quantitative estimate of drug-likeness (QED) is 0.0122. The first-order chi connectivity index (χ1) is 35.1. The molecule has 0 rings (SSSR count). The van der Waals surface area contributed by atoms with E-state index in [0.29, 0.717) is 89.3 Å². The number of thioether (sulfide) groups is 1. The van der Waals surface area contributed by atoms with Gasteiger partial charge in [-0.25, -0.2) is 4.79 Å². The van der Waals surface area contributed by atoms with Crippen molar-refractivity contribution in [3.05, 3.63) is 12.2 Å². The summed E-state index contributed by atoms with van der Waals surface area (Å²) in [4.78, 5) is 170. The van der Waals surface area contributed by atoms with Gasteiger partial charge in [0, 0.05) is 52.8 Å². The summed E-state index contributed by atoms with van der Waals surface area (Å²) in [5, 5.41) is 44.3. The number of nitrogens with one attached hydrogen (secondary N) is 1. The van der Waals surface area contributed by atoms with Gasteiger partial charge in [-0.1, -0.05) is 31.2 Å². The van der Waals surface area contributed by atoms with E-state index in [0.717, 1.165) is 25.6 Å². The van der Waals surface area contributed by atoms with Crippen molar-refractivity contribution in [3.63, 3.8) is 0 Å². The molecule has 432 valence electrons. The number of amides is 1. The highest BCUT2D eigenvalue weighted by atomic mass is 32.2. The molecule has 0 radical (unpaired) electrons. The third kappa shape index (κ3) is 48.2. The molecule has 16 N–H and O–H groups in total. The monoisotopic (exact) mass is 1110 g/mol. The molecule has 0 aliphatic heterocycles. The SMILES string of the molecule is C=C(C)C(=O)C(=O)CCCC(N)C(=O)O.CC(=O)C(=O)C(=O)CCCCC(N)C(=O)O.CC(=O)C(=O)NCCCCC(N)C(=O)O.CC(=O)C(=O)OCCCCC(N)C(=O)O.CC(=O)C(=O)SCCCCC(N)C(=O)O. The molecule has 0 fully saturated rings. The summed E-state index contributed by atoms with van der Waals surface area (Å²) in [6.07, 6.45) is 6.18. The molecule has 5 atom stereocenters. The zero-order valence-corrected chi connectivity index (χ0v) is 44.3. The number of rotatable bonds is 36. The zero-order valence-electron chi connectivity index (χ0n) is 43.5. The number of carbonyl (C=O) groups excluding carboxylic acids is 11. The predicted octanol–water partition coefficient (Wildman–Crippen LogP) is -0.639. The second-order valence-electron chi connectivity index (χ2n) is 16.4. The highest BCUT2D eigenvalue weighted by molar-refractivity contribution is 8.15. The Balaban J connectivity index is -0.000000276. The summed E-state index contributed by atoms with van der Waals surface area (Å²) in [5.41, 5.74) is 26.4. The minimum absolute atomic E-state index is 0.0205. The molecule has 0 spiro atoms. The topological polar surface area (TPSA) is 526 Å². The van der Waals surface area contributed by atoms with Crippen molar-refractivity contribution >= 4 is 105 Å². The summed E-state index contributed by atoms with van der Waals surface area (Å²) >= 11 is 0.968. The summed E-state index contributed by atoms with van der Waals surface area (Å²) in [5.74, 6) is -11.5. The second kappa shape index (κ2) is 46.7. The number of carboxylic acid groups (broad SMARTS) is 5. The molecule has 1 amide bonds. The van der Waals surface area contributed by atoms with Crippen LogP contribution in [0.5, 0.6) is 0 Å². The van der Waals surface area contributed by atoms with Crippen molar-refractivity contribution in [3.8, 4) is 0 Å². The van der Waals surface area contributed by atoms with Gasteiger partial charge < -0.3 is 64.3 Å². The first-order valence-electron chi connectivity index (χ1n) is 23.4. The minimum atomic E-state index is -1.10. The van der Waals surface area contributed by atoms with Crippen LogP contribution >= 0.6 is 11.8 Å². The zero-order chi connectivity index (χ0) is 60.3. The van der Waals surface area contributed by atoms with Crippen LogP contribution in [0.2, 0.25) is 0 Å². The standard InChI is InChI=1S/C10H15NO5.C10H15NO4.C9H16N2O4.C9H15NO5.C9H15NO4S/c1-6(12)9(14)8(13)5-3-2-4-7(11)10(15)16;1-6(2)9(13)8(12)5-3-4-7(11)10(14)15;1-6(12)8(13)11-5-3-2-4-7(10)9(14)15;2*1-6(11)9(14)15-5-3-2-4-7(10)8(12)13/h7H,2-5,11H2,1H3,(H,15,16);7H,1,3-5,11H2,2H3,(H,14,15);7H,2-5,10H2,1H3,(H,11,13)(H,14,15);2*7H,2-5,10H2,1H3,(H,12,13). The highest BCUT2D eigenvalue weighted by Crippen LogP contribution is 2.09. The van der Waals surface area contributed by atoms with Crippen molar-refractivity contribution in [2.24, 2.45) is 28.7 Å². The molecular weight excluding hydrogens is 1030 g/mol. The van der Waals surface area contributed by atoms with Gasteiger partial charge in [-0.2, -0.15) is 0 Å². The number of allylic oxidation sites excluding steroid dienone is 1. The van der Waals surface area contributed by atoms with E-state index < -0.39 is 123 Å². The van der Waals surface area contributed by atoms with Crippen LogP contribution in [0.4, 0.5) is 0 Å². The van der Waals surface area contributed by atoms with E-state index in [1.54, 1.807) is 0 Å². The molecule has 0 heterocycles. The van der Waals surface area contributed by atoms with E-state index >= 15 is 0 Å². The number of esters is 1. The lowest BCUT2D eigenvalue weighted by atomic mass is 10.0. The average Bonchev–Trinajstić information content (AvgIpc) is 3.33. The number of carboxylic acids is 5. The largest absolute Gasteiger partial charge is 0.480 e. The average molecular weight is 1110 g/mol. The van der Waals surface area contributed by atoms with Gasteiger partial charge in [-0.3, -0.25) is 71.9 Å². The van der Waals surface area contributed by atoms with Gasteiger partial charge in [0.15, 0.2) is 0 Å². The Bertz CT molecular complexity index is 1890. The Hall–Kier alpha value is -6.79. The van der Waals surface area contributed by atoms with E-state index in [1.165, 1.54) is 20.8 Å². The van der Waals surface area contributed by atoms with Crippen LogP contribution in [0, 0.1) is 0 Å². The number of Topliss-reactive ketones (excluding diaryl/α,β-unsaturated/α-hetero) is 8. The summed E-state index contributed by atoms with van der Waals surface area (Å²) in [6, 6.07) is -4.49. The Morgan fingerprint density at radius 2 is 0.803 bits per heavy atom. The van der Waals surface area contributed by atoms with Crippen LogP contribution in [-0.4, -0.2) is 168 Å². The molecule has 29 heteroatoms. The van der Waals surface area contributed by atoms with Crippen LogP contribution in [0.3, 0.4) is 0 Å². The summed E-state index contributed by atoms with van der Waals surface area (Å²) < 4.78 is 4.57. The van der Waals surface area contributed by atoms with Crippen molar-refractivity contribution in [1.29, 1.82) is 0 Å². The Morgan fingerprint density at radius 3 is 1.16 bits per heavy atom. The molecule has 0 aliphatic carbocycles. The minimum Gasteiger partial charge on any atom is -0.480 e. The normalized spacial score (nSPS) is 11.9. The molecule has 76 heavy (non-hydrogen) atoms. The molecule has 0 aromatic carbocycles. The molecule has 5 unspecified atom stereocenters. The van der Waals surface area contributed by atoms with Crippen molar-refractivity contribution in [1.82, 2.24) is 5.32 Å². The Labute approximate surface area is 443 Å². The van der Waals surface area contributed by atoms with Crippen molar-refractivity contribution < 1.29 is 107 Å². The van der Waals surface area contributed by atoms with Crippen LogP contribution < -0.4 is 34.0 Å². The summed E-state index contributed by atoms with van der Waals surface area (Å²) in [6.45, 7) is 9.89. The maximum Gasteiger partial charge on any atom is 0.374 e. The van der Waals surface area contributed by atoms with Crippen LogP contribution in [-0.2, 0) is 81.4 Å². The molecule has 0 bridgehead atoms. The van der Waals surface area contributed by atoms with Gasteiger partial charge in [-0.15, -0.1) is 0 Å². The van der Waals surface area contributed by atoms with E-state index in [-0.39, 0.29) is 37.9 Å². The highest BCUT2D eigenvalue weighted by Gasteiger charge is 2.20.